The van der Waals surface area contributed by atoms with Gasteiger partial charge in [0.05, 0.1) is 0 Å². The smallest absolute Gasteiger partial charge is 0.222 e. The maximum Gasteiger partial charge on any atom is 0.222 e. The zero-order chi connectivity index (χ0) is 9.68. The topological polar surface area (TPSA) is 37.8 Å². The van der Waals surface area contributed by atoms with Gasteiger partial charge in [0, 0.05) is 28.4 Å². The molecule has 0 bridgehead atoms. The van der Waals surface area contributed by atoms with E-state index in [-0.39, 0.29) is 6.04 Å². The predicted octanol–water partition coefficient (Wildman–Crippen LogP) is 1.90. The van der Waals surface area contributed by atoms with Gasteiger partial charge in [0.2, 0.25) is 5.95 Å². The number of hydrogen-bond acceptors (Lipinski definition) is 3. The van der Waals surface area contributed by atoms with Gasteiger partial charge in [0.1, 0.15) is 0 Å². The Kier molecular flexibility index (Phi) is 3.96. The van der Waals surface area contributed by atoms with Gasteiger partial charge in [-0.1, -0.05) is 0 Å². The molecule has 1 aromatic heterocycles. The molecular formula is C9H10IN3. The highest BCUT2D eigenvalue weighted by Gasteiger charge is 2.01. The van der Waals surface area contributed by atoms with Crippen molar-refractivity contribution in [2.75, 3.05) is 5.32 Å². The first kappa shape index (κ1) is 10.3. The Morgan fingerprint density at radius 1 is 1.62 bits per heavy atom. The summed E-state index contributed by atoms with van der Waals surface area (Å²) in [6.45, 7) is 2.00. The minimum Gasteiger partial charge on any atom is -0.351 e. The van der Waals surface area contributed by atoms with Crippen LogP contribution in [-0.4, -0.2) is 16.0 Å². The molecule has 0 spiro atoms. The van der Waals surface area contributed by atoms with E-state index in [2.05, 4.69) is 43.8 Å². The molecule has 1 unspecified atom stereocenters. The summed E-state index contributed by atoms with van der Waals surface area (Å²) in [5.74, 6) is 3.21. The van der Waals surface area contributed by atoms with E-state index in [0.717, 1.165) is 3.57 Å². The first-order chi connectivity index (χ1) is 6.22. The van der Waals surface area contributed by atoms with Crippen molar-refractivity contribution in [1.29, 1.82) is 0 Å². The lowest BCUT2D eigenvalue weighted by molar-refractivity contribution is 0.811. The molecule has 1 aromatic rings. The van der Waals surface area contributed by atoms with E-state index in [4.69, 9.17) is 6.42 Å². The Labute approximate surface area is 91.5 Å². The number of nitrogens with zero attached hydrogens (tertiary/aromatic N) is 2. The second-order valence-electron chi connectivity index (χ2n) is 2.68. The van der Waals surface area contributed by atoms with Crippen molar-refractivity contribution >= 4 is 28.5 Å². The number of halogens is 1. The number of nitrogens with one attached hydrogen (secondary N) is 1. The molecule has 3 nitrogen and oxygen atoms in total. The van der Waals surface area contributed by atoms with Gasteiger partial charge >= 0.3 is 0 Å². The van der Waals surface area contributed by atoms with E-state index in [9.17, 15) is 0 Å². The Bertz CT molecular complexity index is 302. The molecule has 0 amide bonds. The van der Waals surface area contributed by atoms with Gasteiger partial charge in [0.15, 0.2) is 0 Å². The Morgan fingerprint density at radius 3 is 2.77 bits per heavy atom. The van der Waals surface area contributed by atoms with Crippen molar-refractivity contribution in [1.82, 2.24) is 9.97 Å². The SMILES string of the molecule is C#CCC(C)Nc1ncc(I)cn1. The van der Waals surface area contributed by atoms with Gasteiger partial charge in [-0.3, -0.25) is 0 Å². The van der Waals surface area contributed by atoms with Crippen LogP contribution in [0.3, 0.4) is 0 Å². The maximum absolute atomic E-state index is 5.18. The highest BCUT2D eigenvalue weighted by molar-refractivity contribution is 14.1. The van der Waals surface area contributed by atoms with Crippen molar-refractivity contribution in [3.8, 4) is 12.3 Å². The number of rotatable bonds is 3. The van der Waals surface area contributed by atoms with E-state index >= 15 is 0 Å². The van der Waals surface area contributed by atoms with E-state index in [1.807, 2.05) is 6.92 Å². The average molecular weight is 287 g/mol. The average Bonchev–Trinajstić information content (AvgIpc) is 2.09. The third-order valence-corrected chi connectivity index (χ3v) is 1.98. The molecule has 68 valence electrons. The van der Waals surface area contributed by atoms with Crippen LogP contribution in [0.1, 0.15) is 13.3 Å². The Balaban J connectivity index is 2.55. The van der Waals surface area contributed by atoms with Crippen LogP contribution in [0.15, 0.2) is 12.4 Å². The Hall–Kier alpha value is -0.830. The maximum atomic E-state index is 5.18. The van der Waals surface area contributed by atoms with E-state index in [1.54, 1.807) is 12.4 Å². The quantitative estimate of drug-likeness (QED) is 0.681. The molecular weight excluding hydrogens is 277 g/mol. The Morgan fingerprint density at radius 2 is 2.23 bits per heavy atom. The van der Waals surface area contributed by atoms with Crippen LogP contribution in [0.25, 0.3) is 0 Å². The van der Waals surface area contributed by atoms with E-state index in [1.165, 1.54) is 0 Å². The van der Waals surface area contributed by atoms with Gasteiger partial charge in [0.25, 0.3) is 0 Å². The molecule has 4 heteroatoms. The summed E-state index contributed by atoms with van der Waals surface area (Å²) in [7, 11) is 0. The van der Waals surface area contributed by atoms with Gasteiger partial charge < -0.3 is 5.32 Å². The van der Waals surface area contributed by atoms with Crippen molar-refractivity contribution in [2.24, 2.45) is 0 Å². The highest BCUT2D eigenvalue weighted by atomic mass is 127. The van der Waals surface area contributed by atoms with Crippen molar-refractivity contribution in [2.45, 2.75) is 19.4 Å². The van der Waals surface area contributed by atoms with Crippen LogP contribution in [0, 0.1) is 15.9 Å². The third kappa shape index (κ3) is 3.59. The molecule has 0 aliphatic rings. The van der Waals surface area contributed by atoms with Crippen LogP contribution in [0.2, 0.25) is 0 Å². The molecule has 0 saturated carbocycles. The lowest BCUT2D eigenvalue weighted by Gasteiger charge is -2.09. The molecule has 0 aromatic carbocycles. The lowest BCUT2D eigenvalue weighted by Crippen LogP contribution is -2.16. The van der Waals surface area contributed by atoms with Crippen molar-refractivity contribution in [3.63, 3.8) is 0 Å². The van der Waals surface area contributed by atoms with Gasteiger partial charge in [-0.05, 0) is 29.5 Å². The molecule has 1 heterocycles. The summed E-state index contributed by atoms with van der Waals surface area (Å²) >= 11 is 2.16. The molecule has 13 heavy (non-hydrogen) atoms. The number of anilines is 1. The number of hydrogen-bond donors (Lipinski definition) is 1. The summed E-state index contributed by atoms with van der Waals surface area (Å²) in [5.41, 5.74) is 0. The molecule has 1 rings (SSSR count). The van der Waals surface area contributed by atoms with E-state index < -0.39 is 0 Å². The zero-order valence-electron chi connectivity index (χ0n) is 7.29. The summed E-state index contributed by atoms with van der Waals surface area (Å²) in [4.78, 5) is 8.20. The monoisotopic (exact) mass is 287 g/mol. The van der Waals surface area contributed by atoms with Gasteiger partial charge in [-0.15, -0.1) is 12.3 Å². The molecule has 1 atom stereocenters. The van der Waals surface area contributed by atoms with Crippen LogP contribution in [-0.2, 0) is 0 Å². The second kappa shape index (κ2) is 5.02. The van der Waals surface area contributed by atoms with Crippen LogP contribution >= 0.6 is 22.6 Å². The van der Waals surface area contributed by atoms with Gasteiger partial charge in [-0.2, -0.15) is 0 Å². The van der Waals surface area contributed by atoms with Crippen LogP contribution in [0.5, 0.6) is 0 Å². The molecule has 0 radical (unpaired) electrons. The van der Waals surface area contributed by atoms with Gasteiger partial charge in [-0.25, -0.2) is 9.97 Å². The summed E-state index contributed by atoms with van der Waals surface area (Å²) in [6.07, 6.45) is 9.38. The first-order valence-corrected chi connectivity index (χ1v) is 4.98. The van der Waals surface area contributed by atoms with Crippen LogP contribution in [0.4, 0.5) is 5.95 Å². The molecule has 0 saturated heterocycles. The number of terminal acetylenes is 1. The normalized spacial score (nSPS) is 11.8. The third-order valence-electron chi connectivity index (χ3n) is 1.42. The fourth-order valence-electron chi connectivity index (χ4n) is 0.835. The largest absolute Gasteiger partial charge is 0.351 e. The minimum atomic E-state index is 0.213. The van der Waals surface area contributed by atoms with Crippen LogP contribution < -0.4 is 5.32 Å². The van der Waals surface area contributed by atoms with E-state index in [0.29, 0.717) is 12.4 Å². The fourth-order valence-corrected chi connectivity index (χ4v) is 1.11. The summed E-state index contributed by atoms with van der Waals surface area (Å²) in [5, 5.41) is 3.10. The zero-order valence-corrected chi connectivity index (χ0v) is 9.45. The lowest BCUT2D eigenvalue weighted by atomic mass is 10.2. The summed E-state index contributed by atoms with van der Waals surface area (Å²) in [6, 6.07) is 0.213. The predicted molar refractivity (Wildman–Crippen MR) is 61.3 cm³/mol. The standard InChI is InChI=1S/C9H10IN3/c1-3-4-7(2)13-9-11-5-8(10)6-12-9/h1,5-7H,4H2,2H3,(H,11,12,13). The fraction of sp³-hybridized carbons (Fsp3) is 0.333. The molecule has 0 aliphatic heterocycles. The molecule has 0 fully saturated rings. The molecule has 1 N–H and O–H groups in total. The second-order valence-corrected chi connectivity index (χ2v) is 3.92. The highest BCUT2D eigenvalue weighted by Crippen LogP contribution is 2.04. The first-order valence-electron chi connectivity index (χ1n) is 3.90. The summed E-state index contributed by atoms with van der Waals surface area (Å²) < 4.78 is 1.02. The van der Waals surface area contributed by atoms with Crippen molar-refractivity contribution in [3.05, 3.63) is 16.0 Å². The minimum absolute atomic E-state index is 0.213. The number of aromatic nitrogens is 2. The van der Waals surface area contributed by atoms with Crippen molar-refractivity contribution < 1.29 is 0 Å². The molecule has 0 aliphatic carbocycles.